The maximum absolute atomic E-state index is 2.43. The van der Waals surface area contributed by atoms with Crippen molar-refractivity contribution in [2.75, 3.05) is 0 Å². The van der Waals surface area contributed by atoms with Gasteiger partial charge >= 0.3 is 0 Å². The molecule has 0 heteroatoms. The molecule has 0 N–H and O–H groups in total. The van der Waals surface area contributed by atoms with Crippen LogP contribution in [-0.2, 0) is 0 Å². The van der Waals surface area contributed by atoms with E-state index in [0.717, 1.165) is 11.8 Å². The minimum absolute atomic E-state index is 0.885. The van der Waals surface area contributed by atoms with Gasteiger partial charge in [-0.25, -0.2) is 0 Å². The average molecular weight is 167 g/mol. The molecule has 0 heterocycles. The molecule has 0 aromatic rings. The van der Waals surface area contributed by atoms with E-state index in [4.69, 9.17) is 0 Å². The molecule has 0 spiro atoms. The molecule has 0 aromatic heterocycles. The fraction of sp³-hybridized carbons (Fsp3) is 0.917. The molecule has 0 bridgehead atoms. The summed E-state index contributed by atoms with van der Waals surface area (Å²) in [7, 11) is 0. The number of hydrogen-bond acceptors (Lipinski definition) is 0. The van der Waals surface area contributed by atoms with Crippen LogP contribution in [0.4, 0.5) is 0 Å². The van der Waals surface area contributed by atoms with E-state index in [1.54, 1.807) is 5.92 Å². The minimum atomic E-state index is 0.885. The summed E-state index contributed by atoms with van der Waals surface area (Å²) in [4.78, 5) is 0. The monoisotopic (exact) mass is 167 g/mol. The highest BCUT2D eigenvalue weighted by Crippen LogP contribution is 2.34. The van der Waals surface area contributed by atoms with Crippen molar-refractivity contribution in [3.05, 3.63) is 5.92 Å². The van der Waals surface area contributed by atoms with Crippen LogP contribution in [0, 0.1) is 17.8 Å². The van der Waals surface area contributed by atoms with E-state index in [2.05, 4.69) is 20.8 Å². The molecule has 0 nitrogen and oxygen atoms in total. The van der Waals surface area contributed by atoms with Crippen molar-refractivity contribution in [2.24, 2.45) is 11.8 Å². The van der Waals surface area contributed by atoms with Crippen molar-refractivity contribution in [2.45, 2.75) is 59.3 Å². The molecule has 2 atom stereocenters. The molecule has 1 rings (SSSR count). The summed E-state index contributed by atoms with van der Waals surface area (Å²) in [5.74, 6) is 3.61. The van der Waals surface area contributed by atoms with Crippen LogP contribution in [0.1, 0.15) is 59.3 Å². The SMILES string of the molecule is CCC1CCCCC[C-](C)C1C. The van der Waals surface area contributed by atoms with Gasteiger partial charge in [0.1, 0.15) is 0 Å². The third kappa shape index (κ3) is 2.50. The summed E-state index contributed by atoms with van der Waals surface area (Å²) in [5.41, 5.74) is 0. The van der Waals surface area contributed by atoms with Crippen LogP contribution in [0.15, 0.2) is 0 Å². The summed E-state index contributed by atoms with van der Waals surface area (Å²) >= 11 is 0. The Morgan fingerprint density at radius 2 is 2.00 bits per heavy atom. The lowest BCUT2D eigenvalue weighted by Crippen LogP contribution is -2.19. The minimum Gasteiger partial charge on any atom is -0.314 e. The highest BCUT2D eigenvalue weighted by molar-refractivity contribution is 4.93. The molecular formula is C12H23-. The van der Waals surface area contributed by atoms with Crippen LogP contribution in [0.2, 0.25) is 0 Å². The van der Waals surface area contributed by atoms with Gasteiger partial charge in [-0.3, -0.25) is 0 Å². The molecule has 0 saturated heterocycles. The van der Waals surface area contributed by atoms with Crippen LogP contribution < -0.4 is 0 Å². The first-order chi connectivity index (χ1) is 5.75. The average Bonchev–Trinajstić information content (AvgIpc) is 2.07. The van der Waals surface area contributed by atoms with Crippen molar-refractivity contribution in [1.82, 2.24) is 0 Å². The fourth-order valence-electron chi connectivity index (χ4n) is 2.42. The van der Waals surface area contributed by atoms with E-state index in [1.807, 2.05) is 0 Å². The standard InChI is InChI=1S/C12H23/c1-4-12-9-7-5-6-8-10(2)11(12)3/h11-12H,4-9H2,1-3H3/q-1. The lowest BCUT2D eigenvalue weighted by molar-refractivity contribution is 0.297. The summed E-state index contributed by atoms with van der Waals surface area (Å²) < 4.78 is 0. The van der Waals surface area contributed by atoms with Crippen LogP contribution in [0.5, 0.6) is 0 Å². The van der Waals surface area contributed by atoms with Crippen molar-refractivity contribution >= 4 is 0 Å². The molecule has 0 radical (unpaired) electrons. The topological polar surface area (TPSA) is 0 Å². The van der Waals surface area contributed by atoms with Gasteiger partial charge in [0.25, 0.3) is 0 Å². The van der Waals surface area contributed by atoms with E-state index in [9.17, 15) is 0 Å². The molecular weight excluding hydrogens is 144 g/mol. The Morgan fingerprint density at radius 1 is 1.25 bits per heavy atom. The first-order valence-electron chi connectivity index (χ1n) is 5.58. The second-order valence-corrected chi connectivity index (χ2v) is 4.40. The van der Waals surface area contributed by atoms with Crippen molar-refractivity contribution < 1.29 is 0 Å². The zero-order chi connectivity index (χ0) is 8.97. The van der Waals surface area contributed by atoms with Crippen LogP contribution in [0.25, 0.3) is 0 Å². The normalized spacial score (nSPS) is 34.2. The van der Waals surface area contributed by atoms with E-state index in [1.165, 1.54) is 38.5 Å². The third-order valence-corrected chi connectivity index (χ3v) is 3.65. The molecule has 0 aromatic carbocycles. The van der Waals surface area contributed by atoms with Gasteiger partial charge in [0.05, 0.1) is 0 Å². The lowest BCUT2D eigenvalue weighted by Gasteiger charge is -2.41. The Morgan fingerprint density at radius 3 is 2.67 bits per heavy atom. The zero-order valence-corrected chi connectivity index (χ0v) is 8.90. The maximum atomic E-state index is 2.43. The summed E-state index contributed by atoms with van der Waals surface area (Å²) in [6.07, 6.45) is 8.59. The lowest BCUT2D eigenvalue weighted by atomic mass is 9.76. The van der Waals surface area contributed by atoms with Gasteiger partial charge in [0, 0.05) is 0 Å². The van der Waals surface area contributed by atoms with Gasteiger partial charge in [0.15, 0.2) is 0 Å². The smallest absolute Gasteiger partial charge is 0.0526 e. The van der Waals surface area contributed by atoms with Crippen LogP contribution >= 0.6 is 0 Å². The van der Waals surface area contributed by atoms with E-state index in [0.29, 0.717) is 0 Å². The Kier molecular flexibility index (Phi) is 4.11. The summed E-state index contributed by atoms with van der Waals surface area (Å²) in [5, 5.41) is 0. The molecule has 72 valence electrons. The molecule has 12 heavy (non-hydrogen) atoms. The molecule has 0 aliphatic heterocycles. The molecule has 1 aliphatic rings. The third-order valence-electron chi connectivity index (χ3n) is 3.65. The van der Waals surface area contributed by atoms with E-state index < -0.39 is 0 Å². The second-order valence-electron chi connectivity index (χ2n) is 4.40. The molecule has 2 unspecified atom stereocenters. The first-order valence-corrected chi connectivity index (χ1v) is 5.58. The fourth-order valence-corrected chi connectivity index (χ4v) is 2.42. The van der Waals surface area contributed by atoms with E-state index >= 15 is 0 Å². The summed E-state index contributed by atoms with van der Waals surface area (Å²) in [6, 6.07) is 0. The second kappa shape index (κ2) is 4.89. The predicted octanol–water partition coefficient (Wildman–Crippen LogP) is 4.21. The van der Waals surface area contributed by atoms with Crippen LogP contribution in [-0.4, -0.2) is 0 Å². The Hall–Kier alpha value is 0. The van der Waals surface area contributed by atoms with E-state index in [-0.39, 0.29) is 0 Å². The first kappa shape index (κ1) is 10.1. The van der Waals surface area contributed by atoms with Crippen LogP contribution in [0.3, 0.4) is 0 Å². The van der Waals surface area contributed by atoms with Gasteiger partial charge < -0.3 is 5.92 Å². The molecule has 1 saturated carbocycles. The van der Waals surface area contributed by atoms with Gasteiger partial charge in [-0.1, -0.05) is 51.9 Å². The molecule has 1 aliphatic carbocycles. The van der Waals surface area contributed by atoms with Gasteiger partial charge in [0.2, 0.25) is 0 Å². The highest BCUT2D eigenvalue weighted by Gasteiger charge is 2.13. The van der Waals surface area contributed by atoms with Gasteiger partial charge in [-0.15, -0.1) is 0 Å². The summed E-state index contributed by atoms with van der Waals surface area (Å²) in [6.45, 7) is 7.13. The van der Waals surface area contributed by atoms with Gasteiger partial charge in [-0.05, 0) is 0 Å². The Bertz CT molecular complexity index is 117. The number of hydrogen-bond donors (Lipinski definition) is 0. The van der Waals surface area contributed by atoms with Crippen molar-refractivity contribution in [3.63, 3.8) is 0 Å². The van der Waals surface area contributed by atoms with Crippen molar-refractivity contribution in [1.29, 1.82) is 0 Å². The quantitative estimate of drug-likeness (QED) is 0.513. The maximum Gasteiger partial charge on any atom is -0.0526 e. The molecule has 1 fully saturated rings. The van der Waals surface area contributed by atoms with Crippen molar-refractivity contribution in [3.8, 4) is 0 Å². The largest absolute Gasteiger partial charge is 0.314 e. The number of rotatable bonds is 1. The zero-order valence-electron chi connectivity index (χ0n) is 8.90. The Labute approximate surface area is 77.7 Å². The van der Waals surface area contributed by atoms with Gasteiger partial charge in [-0.2, -0.15) is 19.3 Å². The Balaban J connectivity index is 2.47. The molecule has 0 amide bonds. The highest BCUT2D eigenvalue weighted by atomic mass is 14.3. The predicted molar refractivity (Wildman–Crippen MR) is 54.9 cm³/mol.